The maximum atomic E-state index is 13.2. The van der Waals surface area contributed by atoms with Gasteiger partial charge in [-0.1, -0.05) is 12.1 Å². The Kier molecular flexibility index (Phi) is 8.68. The van der Waals surface area contributed by atoms with Gasteiger partial charge in [0.05, 0.1) is 35.4 Å². The van der Waals surface area contributed by atoms with Crippen LogP contribution >= 0.6 is 11.3 Å². The van der Waals surface area contributed by atoms with Crippen molar-refractivity contribution in [2.24, 2.45) is 0 Å². The molecule has 4 rings (SSSR count). The van der Waals surface area contributed by atoms with Gasteiger partial charge in [0.15, 0.2) is 0 Å². The van der Waals surface area contributed by atoms with Crippen molar-refractivity contribution in [3.05, 3.63) is 70.1 Å². The first-order valence-corrected chi connectivity index (χ1v) is 13.4. The minimum absolute atomic E-state index is 0.156. The zero-order valence-electron chi connectivity index (χ0n) is 22.0. The van der Waals surface area contributed by atoms with Gasteiger partial charge < -0.3 is 24.8 Å². The highest BCUT2D eigenvalue weighted by atomic mass is 32.1. The zero-order valence-corrected chi connectivity index (χ0v) is 22.8. The van der Waals surface area contributed by atoms with Crippen LogP contribution in [0, 0.1) is 6.92 Å². The second kappa shape index (κ2) is 12.1. The molecular weight excluding hydrogens is 504 g/mol. The number of anilines is 2. The lowest BCUT2D eigenvalue weighted by atomic mass is 10.1. The third-order valence-electron chi connectivity index (χ3n) is 6.20. The monoisotopic (exact) mass is 536 g/mol. The van der Waals surface area contributed by atoms with E-state index < -0.39 is 17.8 Å². The summed E-state index contributed by atoms with van der Waals surface area (Å²) in [5.74, 6) is -0.223. The lowest BCUT2D eigenvalue weighted by molar-refractivity contribution is 0.0379. The Bertz CT molecular complexity index is 1310. The number of benzene rings is 2. The van der Waals surface area contributed by atoms with Gasteiger partial charge in [-0.15, -0.1) is 11.3 Å². The van der Waals surface area contributed by atoms with E-state index in [0.717, 1.165) is 29.9 Å². The van der Waals surface area contributed by atoms with E-state index in [1.807, 2.05) is 0 Å². The average Bonchev–Trinajstić information content (AvgIpc) is 3.51. The second-order valence-corrected chi connectivity index (χ2v) is 10.4. The molecule has 2 aromatic carbocycles. The summed E-state index contributed by atoms with van der Waals surface area (Å²) >= 11 is 1.02. The van der Waals surface area contributed by atoms with Crippen molar-refractivity contribution < 1.29 is 28.6 Å². The number of para-hydroxylation sites is 2. The molecule has 1 aromatic heterocycles. The van der Waals surface area contributed by atoms with Gasteiger partial charge in [0.25, 0.3) is 11.8 Å². The first-order chi connectivity index (χ1) is 18.3. The van der Waals surface area contributed by atoms with Crippen molar-refractivity contribution >= 4 is 39.8 Å². The first-order valence-electron chi connectivity index (χ1n) is 12.6. The molecule has 1 aliphatic rings. The quantitative estimate of drug-likeness (QED) is 0.305. The SMILES string of the molecule is COc1ccccc1NC(=O)c1sc(NC(=O)c2ccc(OC3CCCC3)cc2)c(C(=O)OC(C)C)c1C. The Morgan fingerprint density at radius 3 is 2.29 bits per heavy atom. The number of carbonyl (C=O) groups excluding carboxylic acids is 3. The highest BCUT2D eigenvalue weighted by molar-refractivity contribution is 7.19. The highest BCUT2D eigenvalue weighted by Gasteiger charge is 2.28. The zero-order chi connectivity index (χ0) is 27.2. The summed E-state index contributed by atoms with van der Waals surface area (Å²) < 4.78 is 16.7. The fourth-order valence-corrected chi connectivity index (χ4v) is 5.41. The van der Waals surface area contributed by atoms with Crippen molar-refractivity contribution in [2.75, 3.05) is 17.7 Å². The average molecular weight is 537 g/mol. The van der Waals surface area contributed by atoms with Gasteiger partial charge in [-0.05, 0) is 88.4 Å². The lowest BCUT2D eigenvalue weighted by Gasteiger charge is -2.13. The summed E-state index contributed by atoms with van der Waals surface area (Å²) in [5.41, 5.74) is 1.47. The molecule has 0 atom stereocenters. The van der Waals surface area contributed by atoms with Crippen molar-refractivity contribution in [2.45, 2.75) is 58.7 Å². The number of amides is 2. The Balaban J connectivity index is 1.57. The molecule has 0 saturated heterocycles. The molecule has 1 fully saturated rings. The lowest BCUT2D eigenvalue weighted by Crippen LogP contribution is -2.17. The molecule has 200 valence electrons. The molecule has 8 nitrogen and oxygen atoms in total. The van der Waals surface area contributed by atoms with Crippen molar-refractivity contribution in [3.8, 4) is 11.5 Å². The van der Waals surface area contributed by atoms with E-state index in [4.69, 9.17) is 14.2 Å². The summed E-state index contributed by atoms with van der Waals surface area (Å²) in [7, 11) is 1.52. The molecule has 2 amide bonds. The van der Waals surface area contributed by atoms with Crippen LogP contribution in [0.25, 0.3) is 0 Å². The standard InChI is InChI=1S/C29H32N2O6S/c1-17(2)36-29(34)24-18(3)25(27(33)30-22-11-7-8-12-23(22)35-4)38-28(24)31-26(32)19-13-15-21(16-14-19)37-20-9-5-6-10-20/h7-8,11-17,20H,5-6,9-10H2,1-4H3,(H,30,33)(H,31,32). The minimum atomic E-state index is -0.610. The number of methoxy groups -OCH3 is 1. The predicted octanol–water partition coefficient (Wildman–Crippen LogP) is 6.46. The fraction of sp³-hybridized carbons (Fsp3) is 0.345. The molecule has 1 saturated carbocycles. The predicted molar refractivity (Wildman–Crippen MR) is 148 cm³/mol. The van der Waals surface area contributed by atoms with Crippen molar-refractivity contribution in [1.29, 1.82) is 0 Å². The summed E-state index contributed by atoms with van der Waals surface area (Å²) in [5, 5.41) is 5.88. The van der Waals surface area contributed by atoms with E-state index >= 15 is 0 Å². The molecule has 0 spiro atoms. The Morgan fingerprint density at radius 1 is 0.947 bits per heavy atom. The maximum Gasteiger partial charge on any atom is 0.341 e. The number of carbonyl (C=O) groups is 3. The molecule has 0 radical (unpaired) electrons. The molecule has 0 unspecified atom stereocenters. The van der Waals surface area contributed by atoms with Crippen LogP contribution < -0.4 is 20.1 Å². The van der Waals surface area contributed by atoms with Gasteiger partial charge in [0, 0.05) is 5.56 Å². The normalized spacial score (nSPS) is 13.3. The Morgan fingerprint density at radius 2 is 1.63 bits per heavy atom. The number of hydrogen-bond acceptors (Lipinski definition) is 7. The van der Waals surface area contributed by atoms with Crippen LogP contribution in [0.5, 0.6) is 11.5 Å². The van der Waals surface area contributed by atoms with Crippen LogP contribution in [0.15, 0.2) is 48.5 Å². The molecule has 1 aliphatic carbocycles. The summed E-state index contributed by atoms with van der Waals surface area (Å²) in [6, 6.07) is 13.9. The van der Waals surface area contributed by atoms with E-state index in [-0.39, 0.29) is 27.6 Å². The van der Waals surface area contributed by atoms with Crippen molar-refractivity contribution in [1.82, 2.24) is 0 Å². The molecule has 9 heteroatoms. The highest BCUT2D eigenvalue weighted by Crippen LogP contribution is 2.36. The molecule has 0 aliphatic heterocycles. The number of rotatable bonds is 9. The number of ether oxygens (including phenoxy) is 3. The molecular formula is C29H32N2O6S. The van der Waals surface area contributed by atoms with Crippen LogP contribution in [-0.4, -0.2) is 37.1 Å². The van der Waals surface area contributed by atoms with Crippen LogP contribution in [0.1, 0.15) is 75.5 Å². The van der Waals surface area contributed by atoms with E-state index in [1.54, 1.807) is 69.3 Å². The van der Waals surface area contributed by atoms with Gasteiger partial charge in [-0.2, -0.15) is 0 Å². The molecule has 2 N–H and O–H groups in total. The molecule has 1 heterocycles. The van der Waals surface area contributed by atoms with Gasteiger partial charge in [0.1, 0.15) is 16.5 Å². The third kappa shape index (κ3) is 6.34. The summed E-state index contributed by atoms with van der Waals surface area (Å²) in [4.78, 5) is 39.6. The minimum Gasteiger partial charge on any atom is -0.495 e. The van der Waals surface area contributed by atoms with Crippen LogP contribution in [0.4, 0.5) is 10.7 Å². The first kappa shape index (κ1) is 27.2. The van der Waals surface area contributed by atoms with E-state index in [2.05, 4.69) is 10.6 Å². The second-order valence-electron chi connectivity index (χ2n) is 9.37. The topological polar surface area (TPSA) is 103 Å². The number of hydrogen-bond donors (Lipinski definition) is 2. The number of nitrogens with one attached hydrogen (secondary N) is 2. The summed E-state index contributed by atoms with van der Waals surface area (Å²) in [6.45, 7) is 5.14. The van der Waals surface area contributed by atoms with E-state index in [0.29, 0.717) is 22.6 Å². The third-order valence-corrected chi connectivity index (χ3v) is 7.41. The van der Waals surface area contributed by atoms with Gasteiger partial charge in [-0.3, -0.25) is 9.59 Å². The molecule has 38 heavy (non-hydrogen) atoms. The molecule has 3 aromatic rings. The van der Waals surface area contributed by atoms with Crippen LogP contribution in [-0.2, 0) is 4.74 Å². The number of esters is 1. The smallest absolute Gasteiger partial charge is 0.341 e. The van der Waals surface area contributed by atoms with Gasteiger partial charge in [0.2, 0.25) is 0 Å². The maximum absolute atomic E-state index is 13.2. The van der Waals surface area contributed by atoms with Crippen LogP contribution in [0.3, 0.4) is 0 Å². The molecule has 0 bridgehead atoms. The van der Waals surface area contributed by atoms with E-state index in [9.17, 15) is 14.4 Å². The van der Waals surface area contributed by atoms with Gasteiger partial charge in [-0.25, -0.2) is 4.79 Å². The van der Waals surface area contributed by atoms with Gasteiger partial charge >= 0.3 is 5.97 Å². The summed E-state index contributed by atoms with van der Waals surface area (Å²) in [6.07, 6.45) is 4.28. The van der Waals surface area contributed by atoms with Crippen molar-refractivity contribution in [3.63, 3.8) is 0 Å². The largest absolute Gasteiger partial charge is 0.495 e. The van der Waals surface area contributed by atoms with E-state index in [1.165, 1.54) is 20.0 Å². The Labute approximate surface area is 226 Å². The van der Waals surface area contributed by atoms with Crippen LogP contribution in [0.2, 0.25) is 0 Å². The Hall–Kier alpha value is -3.85. The number of thiophene rings is 1. The fourth-order valence-electron chi connectivity index (χ4n) is 4.32.